The first-order valence-electron chi connectivity index (χ1n) is 5.01. The number of carboxylic acid groups (broad SMARTS) is 1. The van der Waals surface area contributed by atoms with Crippen molar-refractivity contribution in [1.29, 1.82) is 0 Å². The predicted octanol–water partition coefficient (Wildman–Crippen LogP) is 0.782. The number of H-pyrrole nitrogens is 1. The molecule has 0 unspecified atom stereocenters. The number of carbonyl (C=O) groups excluding carboxylic acids is 1. The number of aromatic nitrogens is 2. The lowest BCUT2D eigenvalue weighted by Gasteiger charge is -2.26. The Morgan fingerprint density at radius 1 is 1.50 bits per heavy atom. The fourth-order valence-electron chi connectivity index (χ4n) is 1.39. The van der Waals surface area contributed by atoms with E-state index in [0.29, 0.717) is 0 Å². The zero-order valence-corrected chi connectivity index (χ0v) is 8.49. The van der Waals surface area contributed by atoms with Crippen molar-refractivity contribution in [2.45, 2.75) is 25.3 Å². The fourth-order valence-corrected chi connectivity index (χ4v) is 1.39. The van der Waals surface area contributed by atoms with Gasteiger partial charge in [-0.15, -0.1) is 0 Å². The molecule has 0 bridgehead atoms. The molecule has 0 spiro atoms. The van der Waals surface area contributed by atoms with Crippen LogP contribution in [0.3, 0.4) is 0 Å². The highest BCUT2D eigenvalue weighted by Crippen LogP contribution is 2.18. The number of hydrogen-bond acceptors (Lipinski definition) is 3. The molecular weight excluding hydrogens is 212 g/mol. The molecule has 0 atom stereocenters. The topological polar surface area (TPSA) is 107 Å². The van der Waals surface area contributed by atoms with E-state index in [-0.39, 0.29) is 23.6 Å². The average molecular weight is 224 g/mol. The molecule has 86 valence electrons. The van der Waals surface area contributed by atoms with Crippen LogP contribution in [-0.2, 0) is 0 Å². The lowest BCUT2D eigenvalue weighted by atomic mass is 9.93. The maximum Gasteiger partial charge on any atom is 0.353 e. The Morgan fingerprint density at radius 2 is 2.25 bits per heavy atom. The van der Waals surface area contributed by atoms with E-state index in [0.717, 1.165) is 19.3 Å². The van der Waals surface area contributed by atoms with Crippen LogP contribution in [0.5, 0.6) is 0 Å². The van der Waals surface area contributed by atoms with E-state index in [4.69, 9.17) is 5.11 Å². The van der Waals surface area contributed by atoms with Crippen LogP contribution < -0.4 is 10.6 Å². The standard InChI is InChI=1S/C9H12N4O3/c14-8(15)6-4-7(13-12-6)11-9(16)10-5-2-1-3-5/h4-5H,1-3H2,(H,14,15)(H3,10,11,12,13,16). The van der Waals surface area contributed by atoms with Gasteiger partial charge in [0, 0.05) is 12.1 Å². The highest BCUT2D eigenvalue weighted by Gasteiger charge is 2.19. The number of aromatic amines is 1. The lowest BCUT2D eigenvalue weighted by molar-refractivity contribution is 0.0690. The third-order valence-corrected chi connectivity index (χ3v) is 2.49. The number of rotatable bonds is 3. The summed E-state index contributed by atoms with van der Waals surface area (Å²) in [6, 6.07) is 1.15. The van der Waals surface area contributed by atoms with Gasteiger partial charge in [-0.1, -0.05) is 0 Å². The minimum absolute atomic E-state index is 0.0565. The third kappa shape index (κ3) is 2.30. The molecule has 16 heavy (non-hydrogen) atoms. The van der Waals surface area contributed by atoms with Gasteiger partial charge in [0.1, 0.15) is 5.69 Å². The van der Waals surface area contributed by atoms with Crippen molar-refractivity contribution >= 4 is 17.8 Å². The number of anilines is 1. The van der Waals surface area contributed by atoms with Crippen molar-refractivity contribution in [2.24, 2.45) is 0 Å². The molecule has 0 radical (unpaired) electrons. The Labute approximate surface area is 91.2 Å². The summed E-state index contributed by atoms with van der Waals surface area (Å²) in [4.78, 5) is 21.9. The molecule has 4 N–H and O–H groups in total. The van der Waals surface area contributed by atoms with Gasteiger partial charge in [0.05, 0.1) is 0 Å². The second-order valence-electron chi connectivity index (χ2n) is 3.70. The van der Waals surface area contributed by atoms with E-state index in [2.05, 4.69) is 20.8 Å². The normalized spacial score (nSPS) is 15.2. The number of nitrogens with one attached hydrogen (secondary N) is 3. The van der Waals surface area contributed by atoms with Gasteiger partial charge in [-0.3, -0.25) is 10.4 Å². The van der Waals surface area contributed by atoms with Gasteiger partial charge in [-0.05, 0) is 19.3 Å². The molecule has 7 nitrogen and oxygen atoms in total. The highest BCUT2D eigenvalue weighted by atomic mass is 16.4. The monoisotopic (exact) mass is 224 g/mol. The molecule has 1 aromatic heterocycles. The van der Waals surface area contributed by atoms with Crippen molar-refractivity contribution in [1.82, 2.24) is 15.5 Å². The number of hydrogen-bond donors (Lipinski definition) is 4. The first-order valence-corrected chi connectivity index (χ1v) is 5.01. The maximum absolute atomic E-state index is 11.4. The highest BCUT2D eigenvalue weighted by molar-refractivity contribution is 5.91. The smallest absolute Gasteiger partial charge is 0.353 e. The average Bonchev–Trinajstić information content (AvgIpc) is 2.60. The molecule has 1 saturated carbocycles. The first-order chi connectivity index (χ1) is 7.65. The fraction of sp³-hybridized carbons (Fsp3) is 0.444. The van der Waals surface area contributed by atoms with Crippen LogP contribution in [0.4, 0.5) is 10.6 Å². The van der Waals surface area contributed by atoms with Gasteiger partial charge in [0.15, 0.2) is 5.82 Å². The summed E-state index contributed by atoms with van der Waals surface area (Å²) in [6.07, 6.45) is 3.12. The summed E-state index contributed by atoms with van der Waals surface area (Å²) in [5.74, 6) is -0.908. The van der Waals surface area contributed by atoms with Gasteiger partial charge < -0.3 is 10.4 Å². The minimum atomic E-state index is -1.11. The Morgan fingerprint density at radius 3 is 2.75 bits per heavy atom. The summed E-state index contributed by atoms with van der Waals surface area (Å²) in [7, 11) is 0. The van der Waals surface area contributed by atoms with Crippen LogP contribution in [0.1, 0.15) is 29.8 Å². The number of urea groups is 1. The van der Waals surface area contributed by atoms with Gasteiger partial charge >= 0.3 is 12.0 Å². The summed E-state index contributed by atoms with van der Waals surface area (Å²) in [6.45, 7) is 0. The van der Waals surface area contributed by atoms with E-state index in [9.17, 15) is 9.59 Å². The van der Waals surface area contributed by atoms with Crippen molar-refractivity contribution in [3.63, 3.8) is 0 Å². The molecule has 0 aliphatic heterocycles. The molecule has 1 aromatic rings. The molecule has 7 heteroatoms. The van der Waals surface area contributed by atoms with E-state index in [1.54, 1.807) is 0 Å². The van der Waals surface area contributed by atoms with Gasteiger partial charge in [-0.25, -0.2) is 9.59 Å². The molecule has 2 rings (SSSR count). The zero-order valence-electron chi connectivity index (χ0n) is 8.49. The van der Waals surface area contributed by atoms with E-state index < -0.39 is 5.97 Å². The molecular formula is C9H12N4O3. The number of amides is 2. The zero-order chi connectivity index (χ0) is 11.5. The summed E-state index contributed by atoms with van der Waals surface area (Å²) in [5, 5.41) is 19.8. The predicted molar refractivity (Wildman–Crippen MR) is 55.3 cm³/mol. The summed E-state index contributed by atoms with van der Waals surface area (Å²) in [5.41, 5.74) is -0.0565. The quantitative estimate of drug-likeness (QED) is 0.608. The van der Waals surface area contributed by atoms with E-state index in [1.165, 1.54) is 6.07 Å². The van der Waals surface area contributed by atoms with E-state index >= 15 is 0 Å². The first kappa shape index (κ1) is 10.5. The number of nitrogens with zero attached hydrogens (tertiary/aromatic N) is 1. The SMILES string of the molecule is O=C(Nc1cc(C(=O)O)[nH]n1)NC1CCC1. The molecule has 0 saturated heterocycles. The van der Waals surface area contributed by atoms with Crippen molar-refractivity contribution < 1.29 is 14.7 Å². The lowest BCUT2D eigenvalue weighted by Crippen LogP contribution is -2.41. The van der Waals surface area contributed by atoms with Crippen molar-refractivity contribution in [3.8, 4) is 0 Å². The van der Waals surface area contributed by atoms with E-state index in [1.807, 2.05) is 0 Å². The molecule has 0 aromatic carbocycles. The maximum atomic E-state index is 11.4. The second kappa shape index (κ2) is 4.21. The van der Waals surface area contributed by atoms with Gasteiger partial charge in [0.2, 0.25) is 0 Å². The Hall–Kier alpha value is -2.05. The Bertz CT molecular complexity index is 411. The molecule has 1 fully saturated rings. The molecule has 1 heterocycles. The van der Waals surface area contributed by atoms with Crippen LogP contribution in [0.15, 0.2) is 6.07 Å². The Balaban J connectivity index is 1.87. The molecule has 1 aliphatic carbocycles. The van der Waals surface area contributed by atoms with Crippen molar-refractivity contribution in [2.75, 3.05) is 5.32 Å². The minimum Gasteiger partial charge on any atom is -0.477 e. The van der Waals surface area contributed by atoms with Crippen LogP contribution in [-0.4, -0.2) is 33.3 Å². The molecule has 1 aliphatic rings. The van der Waals surface area contributed by atoms with Gasteiger partial charge in [-0.2, -0.15) is 5.10 Å². The van der Waals surface area contributed by atoms with Crippen LogP contribution >= 0.6 is 0 Å². The van der Waals surface area contributed by atoms with Crippen LogP contribution in [0, 0.1) is 0 Å². The number of carboxylic acids is 1. The number of aromatic carboxylic acids is 1. The van der Waals surface area contributed by atoms with Crippen LogP contribution in [0.25, 0.3) is 0 Å². The Kier molecular flexibility index (Phi) is 2.76. The second-order valence-corrected chi connectivity index (χ2v) is 3.70. The third-order valence-electron chi connectivity index (χ3n) is 2.49. The molecule has 2 amide bonds. The van der Waals surface area contributed by atoms with Crippen LogP contribution in [0.2, 0.25) is 0 Å². The van der Waals surface area contributed by atoms with Gasteiger partial charge in [0.25, 0.3) is 0 Å². The number of carbonyl (C=O) groups is 2. The largest absolute Gasteiger partial charge is 0.477 e. The summed E-state index contributed by atoms with van der Waals surface area (Å²) < 4.78 is 0. The summed E-state index contributed by atoms with van der Waals surface area (Å²) >= 11 is 0. The van der Waals surface area contributed by atoms with Crippen molar-refractivity contribution in [3.05, 3.63) is 11.8 Å².